The first-order chi connectivity index (χ1) is 9.74. The Hall–Kier alpha value is -1.71. The molecule has 0 fully saturated rings. The smallest absolute Gasteiger partial charge is 0.244 e. The van der Waals surface area contributed by atoms with E-state index in [1.165, 1.54) is 17.8 Å². The summed E-state index contributed by atoms with van der Waals surface area (Å²) in [4.78, 5) is 12.8. The van der Waals surface area contributed by atoms with Gasteiger partial charge in [0.05, 0.1) is 0 Å². The van der Waals surface area contributed by atoms with Crippen molar-refractivity contribution in [2.75, 3.05) is 0 Å². The Labute approximate surface area is 127 Å². The summed E-state index contributed by atoms with van der Waals surface area (Å²) in [7, 11) is 0. The fourth-order valence-corrected chi connectivity index (χ4v) is 2.44. The predicted molar refractivity (Wildman–Crippen MR) is 84.7 cm³/mol. The molecule has 0 aliphatic carbocycles. The SMILES string of the molecule is O=C(/C=C/Sc1ccccc1)NCc1cccc(Cl)c1. The van der Waals surface area contributed by atoms with Gasteiger partial charge in [-0.3, -0.25) is 4.79 Å². The summed E-state index contributed by atoms with van der Waals surface area (Å²) in [5.74, 6) is -0.117. The van der Waals surface area contributed by atoms with Gasteiger partial charge in [-0.15, -0.1) is 0 Å². The first-order valence-corrected chi connectivity index (χ1v) is 7.40. The van der Waals surface area contributed by atoms with Crippen LogP contribution in [0.2, 0.25) is 5.02 Å². The molecule has 4 heteroatoms. The molecule has 1 amide bonds. The van der Waals surface area contributed by atoms with E-state index in [9.17, 15) is 4.79 Å². The largest absolute Gasteiger partial charge is 0.348 e. The standard InChI is InChI=1S/C16H14ClNOS/c17-14-6-4-5-13(11-14)12-18-16(19)9-10-20-15-7-2-1-3-8-15/h1-11H,12H2,(H,18,19)/b10-9+. The van der Waals surface area contributed by atoms with Crippen LogP contribution in [-0.2, 0) is 11.3 Å². The minimum Gasteiger partial charge on any atom is -0.348 e. The van der Waals surface area contributed by atoms with Crippen molar-refractivity contribution in [3.8, 4) is 0 Å². The maximum atomic E-state index is 11.6. The molecule has 0 aromatic heterocycles. The lowest BCUT2D eigenvalue weighted by Gasteiger charge is -2.02. The summed E-state index contributed by atoms with van der Waals surface area (Å²) in [6.07, 6.45) is 1.53. The molecular weight excluding hydrogens is 290 g/mol. The van der Waals surface area contributed by atoms with Crippen LogP contribution >= 0.6 is 23.4 Å². The Kier molecular flexibility index (Phi) is 5.71. The van der Waals surface area contributed by atoms with E-state index in [2.05, 4.69) is 5.32 Å². The number of hydrogen-bond acceptors (Lipinski definition) is 2. The zero-order chi connectivity index (χ0) is 14.2. The summed E-state index contributed by atoms with van der Waals surface area (Å²) in [6.45, 7) is 0.472. The maximum absolute atomic E-state index is 11.6. The van der Waals surface area contributed by atoms with Crippen molar-refractivity contribution < 1.29 is 4.79 Å². The number of benzene rings is 2. The number of hydrogen-bond donors (Lipinski definition) is 1. The van der Waals surface area contributed by atoms with Crippen molar-refractivity contribution >= 4 is 29.3 Å². The van der Waals surface area contributed by atoms with E-state index in [4.69, 9.17) is 11.6 Å². The van der Waals surface area contributed by atoms with Gasteiger partial charge in [0.1, 0.15) is 0 Å². The zero-order valence-corrected chi connectivity index (χ0v) is 12.3. The molecule has 102 valence electrons. The van der Waals surface area contributed by atoms with Gasteiger partial charge >= 0.3 is 0 Å². The quantitative estimate of drug-likeness (QED) is 0.660. The molecule has 2 nitrogen and oxygen atoms in total. The highest BCUT2D eigenvalue weighted by molar-refractivity contribution is 8.02. The van der Waals surface area contributed by atoms with Crippen molar-refractivity contribution in [3.63, 3.8) is 0 Å². The van der Waals surface area contributed by atoms with Crippen LogP contribution in [0.5, 0.6) is 0 Å². The highest BCUT2D eigenvalue weighted by Gasteiger charge is 1.97. The molecule has 0 saturated carbocycles. The zero-order valence-electron chi connectivity index (χ0n) is 10.8. The molecule has 0 aliphatic heterocycles. The third-order valence-corrected chi connectivity index (χ3v) is 3.57. The number of amides is 1. The van der Waals surface area contributed by atoms with E-state index >= 15 is 0 Å². The fourth-order valence-electron chi connectivity index (χ4n) is 1.57. The van der Waals surface area contributed by atoms with Gasteiger partial charge in [0.2, 0.25) is 5.91 Å². The summed E-state index contributed by atoms with van der Waals surface area (Å²) in [6, 6.07) is 17.3. The highest BCUT2D eigenvalue weighted by atomic mass is 35.5. The van der Waals surface area contributed by atoms with Crippen LogP contribution in [0.1, 0.15) is 5.56 Å². The van der Waals surface area contributed by atoms with Crippen LogP contribution < -0.4 is 5.32 Å². The normalized spacial score (nSPS) is 10.7. The predicted octanol–water partition coefficient (Wildman–Crippen LogP) is 4.26. The average molecular weight is 304 g/mol. The summed E-state index contributed by atoms with van der Waals surface area (Å²) in [5.41, 5.74) is 0.981. The van der Waals surface area contributed by atoms with Gasteiger partial charge < -0.3 is 5.32 Å². The molecular formula is C16H14ClNOS. The maximum Gasteiger partial charge on any atom is 0.244 e. The Balaban J connectivity index is 1.78. The summed E-state index contributed by atoms with van der Waals surface area (Å²) >= 11 is 7.39. The van der Waals surface area contributed by atoms with E-state index in [1.807, 2.05) is 54.6 Å². The first-order valence-electron chi connectivity index (χ1n) is 6.14. The van der Waals surface area contributed by atoms with Gasteiger partial charge in [-0.1, -0.05) is 53.7 Å². The van der Waals surface area contributed by atoms with Gasteiger partial charge in [-0.25, -0.2) is 0 Å². The van der Waals surface area contributed by atoms with Gasteiger partial charge in [-0.05, 0) is 35.2 Å². The van der Waals surface area contributed by atoms with Crippen LogP contribution in [-0.4, -0.2) is 5.91 Å². The molecule has 2 aromatic carbocycles. The number of thioether (sulfide) groups is 1. The lowest BCUT2D eigenvalue weighted by atomic mass is 10.2. The first kappa shape index (κ1) is 14.7. The van der Waals surface area contributed by atoms with Crippen molar-refractivity contribution in [2.24, 2.45) is 0 Å². The van der Waals surface area contributed by atoms with Crippen molar-refractivity contribution in [2.45, 2.75) is 11.4 Å². The van der Waals surface area contributed by atoms with E-state index in [1.54, 1.807) is 5.41 Å². The Bertz CT molecular complexity index is 598. The average Bonchev–Trinajstić information content (AvgIpc) is 2.46. The summed E-state index contributed by atoms with van der Waals surface area (Å²) < 4.78 is 0. The molecule has 0 aliphatic rings. The van der Waals surface area contributed by atoms with Crippen molar-refractivity contribution in [3.05, 3.63) is 76.7 Å². The molecule has 20 heavy (non-hydrogen) atoms. The monoisotopic (exact) mass is 303 g/mol. The van der Waals surface area contributed by atoms with Gasteiger partial charge in [0.25, 0.3) is 0 Å². The second kappa shape index (κ2) is 7.78. The molecule has 0 bridgehead atoms. The number of carbonyl (C=O) groups excluding carboxylic acids is 1. The number of halogens is 1. The van der Waals surface area contributed by atoms with Gasteiger partial charge in [0, 0.05) is 22.5 Å². The van der Waals surface area contributed by atoms with Crippen LogP contribution in [0.4, 0.5) is 0 Å². The number of rotatable bonds is 5. The second-order valence-electron chi connectivity index (χ2n) is 4.08. The minimum atomic E-state index is -0.117. The van der Waals surface area contributed by atoms with Gasteiger partial charge in [-0.2, -0.15) is 0 Å². The summed E-state index contributed by atoms with van der Waals surface area (Å²) in [5, 5.41) is 5.27. The molecule has 2 rings (SSSR count). The highest BCUT2D eigenvalue weighted by Crippen LogP contribution is 2.17. The van der Waals surface area contributed by atoms with Crippen LogP contribution in [0.25, 0.3) is 0 Å². The molecule has 0 radical (unpaired) electrons. The molecule has 2 aromatic rings. The Morgan fingerprint density at radius 2 is 1.95 bits per heavy atom. The fraction of sp³-hybridized carbons (Fsp3) is 0.0625. The number of carbonyl (C=O) groups is 1. The van der Waals surface area contributed by atoms with E-state index < -0.39 is 0 Å². The molecule has 0 atom stereocenters. The topological polar surface area (TPSA) is 29.1 Å². The van der Waals surface area contributed by atoms with Crippen LogP contribution in [0.3, 0.4) is 0 Å². The Morgan fingerprint density at radius 3 is 2.70 bits per heavy atom. The molecule has 0 saturated heterocycles. The molecule has 1 N–H and O–H groups in total. The van der Waals surface area contributed by atoms with E-state index in [0.717, 1.165) is 10.5 Å². The molecule has 0 heterocycles. The number of nitrogens with one attached hydrogen (secondary N) is 1. The third-order valence-electron chi connectivity index (χ3n) is 2.52. The third kappa shape index (κ3) is 5.11. The van der Waals surface area contributed by atoms with Crippen molar-refractivity contribution in [1.29, 1.82) is 0 Å². The minimum absolute atomic E-state index is 0.117. The molecule has 0 unspecified atom stereocenters. The van der Waals surface area contributed by atoms with Crippen LogP contribution in [0.15, 0.2) is 71.0 Å². The van der Waals surface area contributed by atoms with E-state index in [-0.39, 0.29) is 5.91 Å². The van der Waals surface area contributed by atoms with Crippen LogP contribution in [0, 0.1) is 0 Å². The lowest BCUT2D eigenvalue weighted by Crippen LogP contribution is -2.20. The second-order valence-corrected chi connectivity index (χ2v) is 5.50. The van der Waals surface area contributed by atoms with Gasteiger partial charge in [0.15, 0.2) is 0 Å². The van der Waals surface area contributed by atoms with E-state index in [0.29, 0.717) is 11.6 Å². The lowest BCUT2D eigenvalue weighted by molar-refractivity contribution is -0.116. The Morgan fingerprint density at radius 1 is 1.15 bits per heavy atom. The van der Waals surface area contributed by atoms with Crippen molar-refractivity contribution in [1.82, 2.24) is 5.32 Å². The molecule has 0 spiro atoms.